The second kappa shape index (κ2) is 11.1. The van der Waals surface area contributed by atoms with Crippen LogP contribution in [0.3, 0.4) is 0 Å². The standard InChI is InChI=1S/C24H16BrCl2N7O3/c1-34-23(29-32-33-34)22(14-5-3-2-4-6-14)31-35-13-21-28-30-24(37-21)17-9-8-16(12-18(17)25)36-20-10-7-15(26)11-19(20)27/h2-12H,13H2,1H3/b31-22-. The van der Waals surface area contributed by atoms with Gasteiger partial charge in [0.2, 0.25) is 11.7 Å². The minimum absolute atomic E-state index is 0.0531. The van der Waals surface area contributed by atoms with Crippen LogP contribution in [0.5, 0.6) is 11.5 Å². The van der Waals surface area contributed by atoms with Crippen LogP contribution in [-0.4, -0.2) is 36.1 Å². The summed E-state index contributed by atoms with van der Waals surface area (Å²) >= 11 is 15.7. The van der Waals surface area contributed by atoms with Gasteiger partial charge in [-0.3, -0.25) is 0 Å². The molecule has 37 heavy (non-hydrogen) atoms. The van der Waals surface area contributed by atoms with Gasteiger partial charge in [0.05, 0.1) is 10.6 Å². The summed E-state index contributed by atoms with van der Waals surface area (Å²) in [4.78, 5) is 5.53. The number of ether oxygens (including phenoxy) is 1. The predicted octanol–water partition coefficient (Wildman–Crippen LogP) is 6.09. The van der Waals surface area contributed by atoms with Crippen molar-refractivity contribution < 1.29 is 14.0 Å². The van der Waals surface area contributed by atoms with Crippen LogP contribution in [-0.2, 0) is 18.5 Å². The lowest BCUT2D eigenvalue weighted by atomic mass is 10.1. The number of nitrogens with zero attached hydrogens (tertiary/aromatic N) is 7. The molecule has 0 saturated carbocycles. The number of hydrogen-bond acceptors (Lipinski definition) is 9. The van der Waals surface area contributed by atoms with Gasteiger partial charge in [-0.1, -0.05) is 58.7 Å². The molecule has 2 heterocycles. The van der Waals surface area contributed by atoms with Gasteiger partial charge >= 0.3 is 0 Å². The van der Waals surface area contributed by atoms with Crippen LogP contribution in [0.15, 0.2) is 80.8 Å². The maximum absolute atomic E-state index is 6.20. The Hall–Kier alpha value is -3.80. The van der Waals surface area contributed by atoms with Gasteiger partial charge in [-0.25, -0.2) is 4.68 Å². The van der Waals surface area contributed by atoms with Gasteiger partial charge in [0.15, 0.2) is 12.3 Å². The minimum Gasteiger partial charge on any atom is -0.456 e. The second-order valence-electron chi connectivity index (χ2n) is 7.52. The lowest BCUT2D eigenvalue weighted by Crippen LogP contribution is -2.12. The molecule has 0 atom stereocenters. The molecule has 0 bridgehead atoms. The van der Waals surface area contributed by atoms with E-state index in [1.807, 2.05) is 30.3 Å². The number of aryl methyl sites for hydroxylation is 1. The molecule has 0 aliphatic heterocycles. The topological polar surface area (TPSA) is 113 Å². The molecule has 13 heteroatoms. The van der Waals surface area contributed by atoms with E-state index < -0.39 is 0 Å². The first-order chi connectivity index (χ1) is 18.0. The zero-order valence-corrected chi connectivity index (χ0v) is 22.1. The highest BCUT2D eigenvalue weighted by molar-refractivity contribution is 9.10. The highest BCUT2D eigenvalue weighted by Crippen LogP contribution is 2.35. The zero-order valence-electron chi connectivity index (χ0n) is 19.0. The van der Waals surface area contributed by atoms with E-state index in [-0.39, 0.29) is 12.5 Å². The first-order valence-electron chi connectivity index (χ1n) is 10.7. The summed E-state index contributed by atoms with van der Waals surface area (Å²) < 4.78 is 13.8. The Bertz CT molecular complexity index is 1570. The number of oxime groups is 1. The van der Waals surface area contributed by atoms with Crippen molar-refractivity contribution in [2.24, 2.45) is 12.2 Å². The Labute approximate surface area is 228 Å². The first kappa shape index (κ1) is 24.9. The average molecular weight is 601 g/mol. The van der Waals surface area contributed by atoms with Gasteiger partial charge in [-0.05, 0) is 62.8 Å². The van der Waals surface area contributed by atoms with Gasteiger partial charge in [-0.15, -0.1) is 15.3 Å². The van der Waals surface area contributed by atoms with Crippen molar-refractivity contribution in [3.63, 3.8) is 0 Å². The lowest BCUT2D eigenvalue weighted by molar-refractivity contribution is 0.111. The molecule has 0 fully saturated rings. The predicted molar refractivity (Wildman–Crippen MR) is 140 cm³/mol. The van der Waals surface area contributed by atoms with E-state index in [9.17, 15) is 0 Å². The quantitative estimate of drug-likeness (QED) is 0.155. The molecular weight excluding hydrogens is 585 g/mol. The van der Waals surface area contributed by atoms with Crippen LogP contribution in [0.1, 0.15) is 17.3 Å². The van der Waals surface area contributed by atoms with Gasteiger partial charge in [0.25, 0.3) is 5.89 Å². The lowest BCUT2D eigenvalue weighted by Gasteiger charge is -2.09. The summed E-state index contributed by atoms with van der Waals surface area (Å²) in [5.41, 5.74) is 1.93. The molecule has 3 aromatic carbocycles. The highest BCUT2D eigenvalue weighted by Gasteiger charge is 2.17. The number of halogens is 3. The Morgan fingerprint density at radius 1 is 1.03 bits per heavy atom. The summed E-state index contributed by atoms with van der Waals surface area (Å²) in [6.45, 7) is -0.0531. The number of tetrazole rings is 1. The molecule has 0 N–H and O–H groups in total. The smallest absolute Gasteiger partial charge is 0.257 e. The monoisotopic (exact) mass is 599 g/mol. The molecule has 10 nitrogen and oxygen atoms in total. The fourth-order valence-corrected chi connectivity index (χ4v) is 4.21. The largest absolute Gasteiger partial charge is 0.456 e. The summed E-state index contributed by atoms with van der Waals surface area (Å²) in [5, 5.41) is 24.9. The molecule has 5 rings (SSSR count). The molecule has 0 unspecified atom stereocenters. The fourth-order valence-electron chi connectivity index (χ4n) is 3.24. The van der Waals surface area contributed by atoms with Crippen molar-refractivity contribution in [3.05, 3.63) is 98.5 Å². The summed E-state index contributed by atoms with van der Waals surface area (Å²) in [6, 6.07) is 19.8. The Morgan fingerprint density at radius 2 is 1.86 bits per heavy atom. The van der Waals surface area contributed by atoms with Gasteiger partial charge < -0.3 is 14.0 Å². The third kappa shape index (κ3) is 5.79. The molecule has 0 amide bonds. The van der Waals surface area contributed by atoms with E-state index in [1.165, 1.54) is 4.68 Å². The second-order valence-corrected chi connectivity index (χ2v) is 9.22. The maximum atomic E-state index is 6.20. The van der Waals surface area contributed by atoms with Crippen molar-refractivity contribution in [2.45, 2.75) is 6.61 Å². The molecular formula is C24H16BrCl2N7O3. The maximum Gasteiger partial charge on any atom is 0.257 e. The molecule has 0 spiro atoms. The molecule has 0 radical (unpaired) electrons. The first-order valence-corrected chi connectivity index (χ1v) is 12.3. The van der Waals surface area contributed by atoms with Crippen molar-refractivity contribution in [2.75, 3.05) is 0 Å². The minimum atomic E-state index is -0.0531. The zero-order chi connectivity index (χ0) is 25.8. The summed E-state index contributed by atoms with van der Waals surface area (Å²) in [5.74, 6) is 2.02. The van der Waals surface area contributed by atoms with E-state index in [1.54, 1.807) is 43.4 Å². The van der Waals surface area contributed by atoms with Crippen molar-refractivity contribution >= 4 is 44.8 Å². The third-order valence-electron chi connectivity index (χ3n) is 4.98. The molecule has 0 aliphatic rings. The van der Waals surface area contributed by atoms with Gasteiger partial charge in [-0.2, -0.15) is 0 Å². The van der Waals surface area contributed by atoms with Crippen molar-refractivity contribution in [3.8, 4) is 23.0 Å². The van der Waals surface area contributed by atoms with Crippen LogP contribution < -0.4 is 4.74 Å². The fraction of sp³-hybridized carbons (Fsp3) is 0.0833. The summed E-state index contributed by atoms with van der Waals surface area (Å²) in [7, 11) is 1.72. The van der Waals surface area contributed by atoms with E-state index >= 15 is 0 Å². The van der Waals surface area contributed by atoms with Crippen molar-refractivity contribution in [1.29, 1.82) is 0 Å². The molecule has 2 aromatic heterocycles. The molecule has 5 aromatic rings. The molecule has 186 valence electrons. The van der Waals surface area contributed by atoms with Crippen LogP contribution in [0.4, 0.5) is 0 Å². The summed E-state index contributed by atoms with van der Waals surface area (Å²) in [6.07, 6.45) is 0. The van der Waals surface area contributed by atoms with Crippen molar-refractivity contribution in [1.82, 2.24) is 30.4 Å². The van der Waals surface area contributed by atoms with Crippen LogP contribution in [0, 0.1) is 0 Å². The molecule has 0 saturated heterocycles. The van der Waals surface area contributed by atoms with E-state index in [0.29, 0.717) is 49.0 Å². The van der Waals surface area contributed by atoms with E-state index in [4.69, 9.17) is 37.2 Å². The van der Waals surface area contributed by atoms with Crippen LogP contribution in [0.25, 0.3) is 11.5 Å². The van der Waals surface area contributed by atoms with Gasteiger partial charge in [0, 0.05) is 22.1 Å². The number of benzene rings is 3. The Kier molecular flexibility index (Phi) is 7.45. The normalized spacial score (nSPS) is 11.5. The Balaban J connectivity index is 1.30. The number of aromatic nitrogens is 6. The SMILES string of the molecule is Cn1nnnc1/C(=N\OCc1nnc(-c2ccc(Oc3ccc(Cl)cc3Cl)cc2Br)o1)c1ccccc1. The number of hydrogen-bond donors (Lipinski definition) is 0. The third-order valence-corrected chi connectivity index (χ3v) is 6.17. The van der Waals surface area contributed by atoms with Gasteiger partial charge in [0.1, 0.15) is 11.5 Å². The average Bonchev–Trinajstić information content (AvgIpc) is 3.53. The van der Waals surface area contributed by atoms with E-state index in [2.05, 4.69) is 46.8 Å². The number of rotatable bonds is 8. The van der Waals surface area contributed by atoms with Crippen LogP contribution in [0.2, 0.25) is 10.0 Å². The highest BCUT2D eigenvalue weighted by atomic mass is 79.9. The molecule has 0 aliphatic carbocycles. The van der Waals surface area contributed by atoms with Crippen LogP contribution >= 0.6 is 39.1 Å². The Morgan fingerprint density at radius 3 is 2.59 bits per heavy atom. The van der Waals surface area contributed by atoms with E-state index in [0.717, 1.165) is 5.56 Å².